The molecule has 1 heterocycles. The van der Waals surface area contributed by atoms with Crippen molar-refractivity contribution in [1.82, 2.24) is 0 Å². The highest BCUT2D eigenvalue weighted by molar-refractivity contribution is 8.13. The predicted octanol–water partition coefficient (Wildman–Crippen LogP) is 3.34. The van der Waals surface area contributed by atoms with Gasteiger partial charge < -0.3 is 9.47 Å². The second-order valence-corrected chi connectivity index (χ2v) is 9.45. The predicted molar refractivity (Wildman–Crippen MR) is 84.1 cm³/mol. The van der Waals surface area contributed by atoms with Gasteiger partial charge in [-0.2, -0.15) is 0 Å². The Labute approximate surface area is 132 Å². The van der Waals surface area contributed by atoms with Crippen LogP contribution in [0.3, 0.4) is 0 Å². The van der Waals surface area contributed by atoms with Crippen LogP contribution in [-0.4, -0.2) is 40.1 Å². The van der Waals surface area contributed by atoms with Gasteiger partial charge in [-0.1, -0.05) is 26.2 Å². The van der Waals surface area contributed by atoms with Gasteiger partial charge >= 0.3 is 0 Å². The third-order valence-corrected chi connectivity index (χ3v) is 6.25. The largest absolute Gasteiger partial charge is 0.381 e. The quantitative estimate of drug-likeness (QED) is 0.697. The van der Waals surface area contributed by atoms with Gasteiger partial charge in [0.25, 0.3) is 0 Å². The zero-order valence-electron chi connectivity index (χ0n) is 12.9. The van der Waals surface area contributed by atoms with Crippen LogP contribution in [0.1, 0.15) is 51.9 Å². The Morgan fingerprint density at radius 2 is 2.00 bits per heavy atom. The summed E-state index contributed by atoms with van der Waals surface area (Å²) < 4.78 is 34.5. The van der Waals surface area contributed by atoms with E-state index in [0.29, 0.717) is 32.7 Å². The Morgan fingerprint density at radius 3 is 2.62 bits per heavy atom. The van der Waals surface area contributed by atoms with Crippen LogP contribution in [-0.2, 0) is 18.5 Å². The minimum Gasteiger partial charge on any atom is -0.381 e. The molecule has 21 heavy (non-hydrogen) atoms. The summed E-state index contributed by atoms with van der Waals surface area (Å²) >= 11 is 0. The molecule has 4 nitrogen and oxygen atoms in total. The molecule has 2 unspecified atom stereocenters. The van der Waals surface area contributed by atoms with Crippen LogP contribution in [0.25, 0.3) is 0 Å². The molecule has 0 aromatic rings. The van der Waals surface area contributed by atoms with Crippen LogP contribution in [0.5, 0.6) is 0 Å². The van der Waals surface area contributed by atoms with Gasteiger partial charge in [0, 0.05) is 29.3 Å². The number of hydrogen-bond acceptors (Lipinski definition) is 4. The van der Waals surface area contributed by atoms with Crippen LogP contribution < -0.4 is 0 Å². The van der Waals surface area contributed by atoms with E-state index >= 15 is 0 Å². The van der Waals surface area contributed by atoms with Crippen molar-refractivity contribution in [1.29, 1.82) is 0 Å². The van der Waals surface area contributed by atoms with Gasteiger partial charge in [-0.3, -0.25) is 0 Å². The summed E-state index contributed by atoms with van der Waals surface area (Å²) in [6.45, 7) is 3.91. The first-order valence-electron chi connectivity index (χ1n) is 8.04. The minimum atomic E-state index is -3.51. The molecule has 6 heteroatoms. The highest BCUT2D eigenvalue weighted by Crippen LogP contribution is 2.36. The van der Waals surface area contributed by atoms with Crippen molar-refractivity contribution in [3.63, 3.8) is 0 Å². The molecule has 0 N–H and O–H groups in total. The van der Waals surface area contributed by atoms with E-state index in [1.54, 1.807) is 0 Å². The maximum Gasteiger partial charge on any atom is 0.233 e. The number of rotatable bonds is 6. The molecule has 0 spiro atoms. The molecule has 1 saturated carbocycles. The average molecular weight is 339 g/mol. The highest BCUT2D eigenvalue weighted by atomic mass is 35.7. The molecule has 1 aliphatic heterocycles. The molecule has 2 aliphatic rings. The van der Waals surface area contributed by atoms with Gasteiger partial charge in [-0.25, -0.2) is 8.42 Å². The molecule has 1 aliphatic carbocycles. The molecular weight excluding hydrogens is 312 g/mol. The van der Waals surface area contributed by atoms with Crippen LogP contribution in [0, 0.1) is 11.3 Å². The fraction of sp³-hybridized carbons (Fsp3) is 1.00. The van der Waals surface area contributed by atoms with Crippen molar-refractivity contribution in [2.75, 3.05) is 25.6 Å². The standard InChI is InChI=1S/C15H27ClO4S/c1-2-13-4-3-5-14(10-13)20-11-15(12-21(16,17)18)6-8-19-9-7-15/h13-14H,2-12H2,1H3. The summed E-state index contributed by atoms with van der Waals surface area (Å²) in [6, 6.07) is 0. The fourth-order valence-corrected chi connectivity index (χ4v) is 5.36. The molecule has 2 fully saturated rings. The van der Waals surface area contributed by atoms with E-state index in [-0.39, 0.29) is 17.3 Å². The highest BCUT2D eigenvalue weighted by Gasteiger charge is 2.38. The lowest BCUT2D eigenvalue weighted by molar-refractivity contribution is -0.0666. The second-order valence-electron chi connectivity index (χ2n) is 6.67. The van der Waals surface area contributed by atoms with Gasteiger partial charge in [0.15, 0.2) is 0 Å². The average Bonchev–Trinajstić information content (AvgIpc) is 2.45. The van der Waals surface area contributed by atoms with Crippen molar-refractivity contribution >= 4 is 19.7 Å². The smallest absolute Gasteiger partial charge is 0.233 e. The van der Waals surface area contributed by atoms with Gasteiger partial charge in [0.1, 0.15) is 0 Å². The topological polar surface area (TPSA) is 52.6 Å². The van der Waals surface area contributed by atoms with Crippen molar-refractivity contribution in [2.45, 2.75) is 58.0 Å². The first-order chi connectivity index (χ1) is 9.92. The summed E-state index contributed by atoms with van der Waals surface area (Å²) in [5, 5.41) is 0. The van der Waals surface area contributed by atoms with E-state index in [0.717, 1.165) is 18.8 Å². The number of hydrogen-bond donors (Lipinski definition) is 0. The third-order valence-electron chi connectivity index (χ3n) is 4.97. The Kier molecular flexibility index (Phi) is 6.36. The Morgan fingerprint density at radius 1 is 1.29 bits per heavy atom. The Balaban J connectivity index is 1.92. The van der Waals surface area contributed by atoms with E-state index in [4.69, 9.17) is 20.2 Å². The van der Waals surface area contributed by atoms with Gasteiger partial charge in [0.2, 0.25) is 9.05 Å². The summed E-state index contributed by atoms with van der Waals surface area (Å²) in [6.07, 6.45) is 7.62. The zero-order chi connectivity index (χ0) is 15.3. The summed E-state index contributed by atoms with van der Waals surface area (Å²) in [7, 11) is 1.99. The normalized spacial score (nSPS) is 30.2. The third kappa shape index (κ3) is 5.70. The van der Waals surface area contributed by atoms with Crippen molar-refractivity contribution in [3.8, 4) is 0 Å². The summed E-state index contributed by atoms with van der Waals surface area (Å²) in [4.78, 5) is 0. The molecule has 1 saturated heterocycles. The summed E-state index contributed by atoms with van der Waals surface area (Å²) in [5.41, 5.74) is -0.363. The van der Waals surface area contributed by atoms with E-state index in [1.807, 2.05) is 0 Å². The molecular formula is C15H27ClO4S. The number of halogens is 1. The molecule has 0 radical (unpaired) electrons. The molecule has 2 atom stereocenters. The number of ether oxygens (including phenoxy) is 2. The van der Waals surface area contributed by atoms with Gasteiger partial charge in [-0.05, 0) is 31.6 Å². The van der Waals surface area contributed by atoms with E-state index < -0.39 is 9.05 Å². The Bertz CT molecular complexity index is 417. The fourth-order valence-electron chi connectivity index (χ4n) is 3.56. The molecule has 0 bridgehead atoms. The summed E-state index contributed by atoms with van der Waals surface area (Å²) in [5.74, 6) is 0.751. The Hall–Kier alpha value is 0.160. The molecule has 0 aromatic heterocycles. The van der Waals surface area contributed by atoms with E-state index in [2.05, 4.69) is 6.92 Å². The van der Waals surface area contributed by atoms with E-state index in [1.165, 1.54) is 19.3 Å². The van der Waals surface area contributed by atoms with Crippen molar-refractivity contribution in [3.05, 3.63) is 0 Å². The first-order valence-corrected chi connectivity index (χ1v) is 10.5. The van der Waals surface area contributed by atoms with E-state index in [9.17, 15) is 8.42 Å². The minimum absolute atomic E-state index is 0.00512. The van der Waals surface area contributed by atoms with Crippen LogP contribution in [0.4, 0.5) is 0 Å². The van der Waals surface area contributed by atoms with Gasteiger partial charge in [-0.15, -0.1) is 0 Å². The lowest BCUT2D eigenvalue weighted by atomic mass is 9.82. The molecule has 2 rings (SSSR count). The lowest BCUT2D eigenvalue weighted by Gasteiger charge is -2.38. The van der Waals surface area contributed by atoms with Crippen molar-refractivity contribution < 1.29 is 17.9 Å². The van der Waals surface area contributed by atoms with Crippen LogP contribution in [0.15, 0.2) is 0 Å². The molecule has 0 amide bonds. The molecule has 124 valence electrons. The van der Waals surface area contributed by atoms with Crippen LogP contribution in [0.2, 0.25) is 0 Å². The lowest BCUT2D eigenvalue weighted by Crippen LogP contribution is -2.40. The first kappa shape index (κ1) is 17.5. The zero-order valence-corrected chi connectivity index (χ0v) is 14.4. The maximum absolute atomic E-state index is 11.5. The van der Waals surface area contributed by atoms with Crippen molar-refractivity contribution in [2.24, 2.45) is 11.3 Å². The molecule has 0 aromatic carbocycles. The van der Waals surface area contributed by atoms with Crippen LogP contribution >= 0.6 is 10.7 Å². The monoisotopic (exact) mass is 338 g/mol. The maximum atomic E-state index is 11.5. The second kappa shape index (κ2) is 7.62. The SMILES string of the molecule is CCC1CCCC(OCC2(CS(=O)(=O)Cl)CCOCC2)C1. The van der Waals surface area contributed by atoms with Gasteiger partial charge in [0.05, 0.1) is 18.5 Å².